The van der Waals surface area contributed by atoms with Crippen LogP contribution in [0.2, 0.25) is 0 Å². The van der Waals surface area contributed by atoms with Crippen LogP contribution in [-0.2, 0) is 18.6 Å². The second-order valence-electron chi connectivity index (χ2n) is 4.16. The van der Waals surface area contributed by atoms with E-state index in [4.69, 9.17) is 10.7 Å². The van der Waals surface area contributed by atoms with Gasteiger partial charge < -0.3 is 4.74 Å². The van der Waals surface area contributed by atoms with Gasteiger partial charge in [0, 0.05) is 23.6 Å². The molecule has 8 nitrogen and oxygen atoms in total. The number of carbonyl (C=O) groups is 2. The normalized spacial score (nSPS) is 18.9. The maximum Gasteiger partial charge on any atom is 0.360 e. The van der Waals surface area contributed by atoms with Crippen molar-refractivity contribution in [2.75, 3.05) is 18.6 Å². The molecule has 1 fully saturated rings. The third-order valence-electron chi connectivity index (χ3n) is 2.85. The fourth-order valence-electron chi connectivity index (χ4n) is 1.86. The van der Waals surface area contributed by atoms with Gasteiger partial charge in [-0.3, -0.25) is 9.69 Å². The van der Waals surface area contributed by atoms with Crippen molar-refractivity contribution in [3.05, 3.63) is 15.6 Å². The number of hydrogen-bond donors (Lipinski definition) is 0. The summed E-state index contributed by atoms with van der Waals surface area (Å²) in [6.45, 7) is -0.177. The minimum atomic E-state index is -3.88. The van der Waals surface area contributed by atoms with Crippen LogP contribution in [-0.4, -0.2) is 49.2 Å². The average Bonchev–Trinajstić information content (AvgIpc) is 2.80. The maximum atomic E-state index is 12.0. The van der Waals surface area contributed by atoms with E-state index in [1.807, 2.05) is 22.6 Å². The van der Waals surface area contributed by atoms with Crippen molar-refractivity contribution >= 4 is 60.0 Å². The Kier molecular flexibility index (Phi) is 4.68. The second kappa shape index (κ2) is 6.01. The number of aromatic nitrogens is 2. The summed E-state index contributed by atoms with van der Waals surface area (Å²) in [5.74, 6) is -1.29. The Hall–Kier alpha value is -1.01. The first-order valence-corrected chi connectivity index (χ1v) is 9.04. The predicted octanol–water partition coefficient (Wildman–Crippen LogP) is 0.542. The van der Waals surface area contributed by atoms with Gasteiger partial charge in [0.25, 0.3) is 0 Å². The zero-order chi connectivity index (χ0) is 15.8. The van der Waals surface area contributed by atoms with E-state index in [1.165, 1.54) is 13.3 Å². The van der Waals surface area contributed by atoms with Crippen LogP contribution >= 0.6 is 33.3 Å². The van der Waals surface area contributed by atoms with Crippen LogP contribution in [0.3, 0.4) is 0 Å². The topological polar surface area (TPSA) is 107 Å². The van der Waals surface area contributed by atoms with Crippen molar-refractivity contribution in [3.63, 3.8) is 0 Å². The van der Waals surface area contributed by atoms with E-state index in [-0.39, 0.29) is 24.5 Å². The van der Waals surface area contributed by atoms with Crippen LogP contribution in [0.25, 0.3) is 0 Å². The Labute approximate surface area is 138 Å². The number of amides is 1. The summed E-state index contributed by atoms with van der Waals surface area (Å²) >= 11 is 1.86. The number of halogens is 2. The van der Waals surface area contributed by atoms with Crippen LogP contribution < -0.4 is 4.90 Å². The van der Waals surface area contributed by atoms with E-state index in [0.29, 0.717) is 3.70 Å². The highest BCUT2D eigenvalue weighted by molar-refractivity contribution is 14.1. The summed E-state index contributed by atoms with van der Waals surface area (Å²) in [5, 5.41) is -1.04. The van der Waals surface area contributed by atoms with E-state index in [0.717, 1.165) is 4.90 Å². The van der Waals surface area contributed by atoms with Gasteiger partial charge in [-0.05, 0) is 22.6 Å². The van der Waals surface area contributed by atoms with Crippen molar-refractivity contribution < 1.29 is 22.7 Å². The lowest BCUT2D eigenvalue weighted by atomic mass is 10.3. The largest absolute Gasteiger partial charge is 0.464 e. The first-order valence-electron chi connectivity index (χ1n) is 5.58. The Morgan fingerprint density at radius 2 is 2.24 bits per heavy atom. The summed E-state index contributed by atoms with van der Waals surface area (Å²) in [5.41, 5.74) is -0.148. The minimum absolute atomic E-state index is 0.0323. The summed E-state index contributed by atoms with van der Waals surface area (Å²) in [6, 6.07) is 0. The smallest absolute Gasteiger partial charge is 0.360 e. The molecule has 0 radical (unpaired) electrons. The number of ether oxygens (including phenoxy) is 1. The van der Waals surface area contributed by atoms with Gasteiger partial charge in [-0.2, -0.15) is 0 Å². The Balaban J connectivity index is 2.43. The van der Waals surface area contributed by atoms with E-state index < -0.39 is 26.2 Å². The molecule has 1 amide bonds. The van der Waals surface area contributed by atoms with Gasteiger partial charge in [-0.1, -0.05) is 0 Å². The summed E-state index contributed by atoms with van der Waals surface area (Å²) in [4.78, 5) is 32.7. The molecule has 0 spiro atoms. The Bertz CT molecular complexity index is 711. The van der Waals surface area contributed by atoms with Crippen molar-refractivity contribution in [2.45, 2.75) is 11.7 Å². The molecule has 1 atom stereocenters. The molecule has 0 N–H and O–H groups in total. The molecule has 11 heteroatoms. The molecule has 2 heterocycles. The van der Waals surface area contributed by atoms with Crippen molar-refractivity contribution in [3.8, 4) is 0 Å². The number of hydrogen-bond acceptors (Lipinski definition) is 7. The van der Waals surface area contributed by atoms with Crippen molar-refractivity contribution in [2.24, 2.45) is 0 Å². The molecule has 1 aliphatic heterocycles. The lowest BCUT2D eigenvalue weighted by Gasteiger charge is -2.17. The Morgan fingerprint density at radius 3 is 2.76 bits per heavy atom. The molecule has 1 aromatic rings. The lowest BCUT2D eigenvalue weighted by Crippen LogP contribution is -2.30. The number of esters is 1. The molecular weight excluding hydrogens is 437 g/mol. The molecule has 0 aromatic carbocycles. The number of rotatable bonds is 3. The van der Waals surface area contributed by atoms with Crippen LogP contribution in [0.15, 0.2) is 6.20 Å². The third-order valence-corrected chi connectivity index (χ3v) is 5.23. The molecule has 0 bridgehead atoms. The number of anilines is 1. The quantitative estimate of drug-likeness (QED) is 0.380. The summed E-state index contributed by atoms with van der Waals surface area (Å²) < 4.78 is 27.7. The first kappa shape index (κ1) is 16.4. The SMILES string of the molecule is COC(=O)c1nc(I)cnc1N1CC(S(=O)(=O)Cl)CC1=O. The Morgan fingerprint density at radius 1 is 1.57 bits per heavy atom. The molecule has 0 saturated carbocycles. The van der Waals surface area contributed by atoms with E-state index in [1.54, 1.807) is 0 Å². The van der Waals surface area contributed by atoms with Gasteiger partial charge in [0.05, 0.1) is 13.3 Å². The van der Waals surface area contributed by atoms with Gasteiger partial charge in [0.1, 0.15) is 8.95 Å². The van der Waals surface area contributed by atoms with Crippen LogP contribution in [0.1, 0.15) is 16.9 Å². The number of methoxy groups -OCH3 is 1. The van der Waals surface area contributed by atoms with Crippen LogP contribution in [0.4, 0.5) is 5.82 Å². The van der Waals surface area contributed by atoms with Crippen LogP contribution in [0, 0.1) is 3.70 Å². The second-order valence-corrected chi connectivity index (χ2v) is 8.18. The molecule has 1 aromatic heterocycles. The number of carbonyl (C=O) groups excluding carboxylic acids is 2. The molecule has 1 saturated heterocycles. The average molecular weight is 446 g/mol. The highest BCUT2D eigenvalue weighted by Crippen LogP contribution is 2.27. The zero-order valence-corrected chi connectivity index (χ0v) is 14.3. The molecule has 1 aliphatic rings. The zero-order valence-electron chi connectivity index (χ0n) is 10.6. The van der Waals surface area contributed by atoms with Gasteiger partial charge in [-0.15, -0.1) is 0 Å². The van der Waals surface area contributed by atoms with E-state index in [9.17, 15) is 18.0 Å². The van der Waals surface area contributed by atoms with Gasteiger partial charge in [0.15, 0.2) is 11.5 Å². The van der Waals surface area contributed by atoms with Crippen LogP contribution in [0.5, 0.6) is 0 Å². The highest BCUT2D eigenvalue weighted by atomic mass is 127. The molecule has 2 rings (SSSR count). The lowest BCUT2D eigenvalue weighted by molar-refractivity contribution is -0.117. The monoisotopic (exact) mass is 445 g/mol. The van der Waals surface area contributed by atoms with Crippen molar-refractivity contribution in [1.82, 2.24) is 9.97 Å². The molecule has 0 aliphatic carbocycles. The number of nitrogens with zero attached hydrogens (tertiary/aromatic N) is 3. The maximum absolute atomic E-state index is 12.0. The summed E-state index contributed by atoms with van der Waals surface area (Å²) in [7, 11) is 2.57. The van der Waals surface area contributed by atoms with Gasteiger partial charge in [-0.25, -0.2) is 23.2 Å². The summed E-state index contributed by atoms with van der Waals surface area (Å²) in [6.07, 6.45) is 1.10. The van der Waals surface area contributed by atoms with E-state index in [2.05, 4.69) is 14.7 Å². The fourth-order valence-corrected chi connectivity index (χ4v) is 3.27. The molecule has 21 heavy (non-hydrogen) atoms. The molecular formula is C10H9ClIN3O5S. The fraction of sp³-hybridized carbons (Fsp3) is 0.400. The van der Waals surface area contributed by atoms with Gasteiger partial charge >= 0.3 is 5.97 Å². The van der Waals surface area contributed by atoms with E-state index >= 15 is 0 Å². The molecule has 114 valence electrons. The minimum Gasteiger partial charge on any atom is -0.464 e. The van der Waals surface area contributed by atoms with Gasteiger partial charge in [0.2, 0.25) is 15.0 Å². The molecule has 1 unspecified atom stereocenters. The predicted molar refractivity (Wildman–Crippen MR) is 81.6 cm³/mol. The first-order chi connectivity index (χ1) is 9.74. The third kappa shape index (κ3) is 3.43. The highest BCUT2D eigenvalue weighted by Gasteiger charge is 2.40. The standard InChI is InChI=1S/C10H9ClIN3O5S/c1-20-10(17)8-9(13-3-6(12)14-8)15-4-5(2-7(15)16)21(11,18)19/h3,5H,2,4H2,1H3. The van der Waals surface area contributed by atoms with Crippen molar-refractivity contribution in [1.29, 1.82) is 0 Å².